The monoisotopic (exact) mass is 640 g/mol. The number of carbonyl (C=O) groups excluding carboxylic acids is 5. The second-order valence-corrected chi connectivity index (χ2v) is 12.3. The molecule has 5 amide bonds. The van der Waals surface area contributed by atoms with Crippen LogP contribution in [0.3, 0.4) is 0 Å². The second kappa shape index (κ2) is 18.5. The van der Waals surface area contributed by atoms with Crippen LogP contribution in [0.2, 0.25) is 0 Å². The molecule has 2 aromatic rings. The summed E-state index contributed by atoms with van der Waals surface area (Å²) in [4.78, 5) is 64.9. The van der Waals surface area contributed by atoms with E-state index in [1.54, 1.807) is 12.1 Å². The van der Waals surface area contributed by atoms with Crippen molar-refractivity contribution in [3.05, 3.63) is 65.7 Å². The topological polar surface area (TPSA) is 226 Å². The largest absolute Gasteiger partial charge is 0.508 e. The van der Waals surface area contributed by atoms with Gasteiger partial charge in [0.15, 0.2) is 0 Å². The zero-order valence-corrected chi connectivity index (χ0v) is 26.9. The number of carbonyl (C=O) groups is 5. The summed E-state index contributed by atoms with van der Waals surface area (Å²) in [7, 11) is 0. The van der Waals surface area contributed by atoms with Crippen molar-refractivity contribution in [2.24, 2.45) is 23.3 Å². The van der Waals surface area contributed by atoms with Gasteiger partial charge in [0.05, 0.1) is 12.6 Å². The van der Waals surface area contributed by atoms with Crippen LogP contribution in [0.25, 0.3) is 0 Å². The first kappa shape index (κ1) is 37.7. The first-order valence-electron chi connectivity index (χ1n) is 15.4. The number of hydrogen-bond donors (Lipinski definition) is 8. The van der Waals surface area contributed by atoms with E-state index in [2.05, 4.69) is 21.3 Å². The van der Waals surface area contributed by atoms with E-state index in [9.17, 15) is 34.2 Å². The molecule has 13 heteroatoms. The summed E-state index contributed by atoms with van der Waals surface area (Å²) >= 11 is 0. The first-order chi connectivity index (χ1) is 21.7. The summed E-state index contributed by atoms with van der Waals surface area (Å²) in [5, 5.41) is 29.8. The number of benzene rings is 2. The highest BCUT2D eigenvalue weighted by Gasteiger charge is 2.32. The van der Waals surface area contributed by atoms with Crippen LogP contribution in [0, 0.1) is 11.8 Å². The zero-order valence-electron chi connectivity index (χ0n) is 26.9. The molecule has 252 valence electrons. The van der Waals surface area contributed by atoms with Gasteiger partial charge in [-0.15, -0.1) is 0 Å². The minimum atomic E-state index is -1.37. The van der Waals surface area contributed by atoms with Crippen molar-refractivity contribution >= 4 is 29.5 Å². The van der Waals surface area contributed by atoms with Crippen molar-refractivity contribution in [3.8, 4) is 5.75 Å². The maximum Gasteiger partial charge on any atom is 0.245 e. The fourth-order valence-corrected chi connectivity index (χ4v) is 4.75. The highest BCUT2D eigenvalue weighted by atomic mass is 16.3. The van der Waals surface area contributed by atoms with Crippen LogP contribution >= 0.6 is 0 Å². The molecule has 46 heavy (non-hydrogen) atoms. The number of aliphatic hydroxyl groups is 1. The van der Waals surface area contributed by atoms with Crippen LogP contribution in [0.5, 0.6) is 5.75 Å². The number of primary amides is 1. The fourth-order valence-electron chi connectivity index (χ4n) is 4.75. The molecule has 0 bridgehead atoms. The van der Waals surface area contributed by atoms with E-state index in [0.29, 0.717) is 5.56 Å². The average Bonchev–Trinajstić information content (AvgIpc) is 2.99. The quantitative estimate of drug-likeness (QED) is 0.111. The molecule has 2 aromatic carbocycles. The highest BCUT2D eigenvalue weighted by Crippen LogP contribution is 2.13. The van der Waals surface area contributed by atoms with Crippen LogP contribution in [-0.2, 0) is 36.8 Å². The standard InChI is InChI=1S/C33H48N6O7/c1-19(2)14-26(31(44)36-25(29(35)42)17-22-10-12-23(41)13-11-22)37-32(45)27(15-20(3)4)38-33(46)28(18-40)39-30(43)24(34)16-21-8-6-5-7-9-21/h5-13,19-20,24-28,40-41H,14-18,34H2,1-4H3,(H2,35,42)(H,36,44)(H,37,45)(H,38,46)(H,39,43)/t24-,25-,26-,27-,28-/m0/s1. The average molecular weight is 641 g/mol. The third kappa shape index (κ3) is 12.9. The predicted molar refractivity (Wildman–Crippen MR) is 173 cm³/mol. The Bertz CT molecular complexity index is 1300. The molecule has 10 N–H and O–H groups in total. The minimum absolute atomic E-state index is 0.0348. The number of phenols is 1. The molecule has 0 fully saturated rings. The van der Waals surface area contributed by atoms with E-state index in [-0.39, 0.29) is 43.3 Å². The maximum atomic E-state index is 13.5. The molecule has 0 saturated heterocycles. The Hall–Kier alpha value is -4.49. The lowest BCUT2D eigenvalue weighted by molar-refractivity contribution is -0.135. The molecule has 0 aliphatic rings. The zero-order chi connectivity index (χ0) is 34.4. The van der Waals surface area contributed by atoms with Crippen molar-refractivity contribution < 1.29 is 34.2 Å². The highest BCUT2D eigenvalue weighted by molar-refractivity contribution is 5.95. The Labute approximate surface area is 269 Å². The van der Waals surface area contributed by atoms with Gasteiger partial charge in [-0.1, -0.05) is 70.2 Å². The Morgan fingerprint density at radius 2 is 1.07 bits per heavy atom. The van der Waals surface area contributed by atoms with Gasteiger partial charge < -0.3 is 42.9 Å². The van der Waals surface area contributed by atoms with Crippen LogP contribution in [0.4, 0.5) is 0 Å². The van der Waals surface area contributed by atoms with E-state index in [1.807, 2.05) is 58.0 Å². The van der Waals surface area contributed by atoms with Crippen molar-refractivity contribution in [1.29, 1.82) is 0 Å². The first-order valence-corrected chi connectivity index (χ1v) is 15.4. The normalized spacial score (nSPS) is 14.4. The molecule has 5 atom stereocenters. The number of amides is 5. The van der Waals surface area contributed by atoms with Gasteiger partial charge in [0.2, 0.25) is 29.5 Å². The van der Waals surface area contributed by atoms with Crippen LogP contribution in [0.1, 0.15) is 51.7 Å². The number of hydrogen-bond acceptors (Lipinski definition) is 8. The lowest BCUT2D eigenvalue weighted by Gasteiger charge is -2.27. The Balaban J connectivity index is 2.13. The molecule has 0 radical (unpaired) electrons. The van der Waals surface area contributed by atoms with Crippen molar-refractivity contribution in [2.75, 3.05) is 6.61 Å². The van der Waals surface area contributed by atoms with Crippen molar-refractivity contribution in [2.45, 2.75) is 83.6 Å². The van der Waals surface area contributed by atoms with Gasteiger partial charge in [-0.25, -0.2) is 0 Å². The Morgan fingerprint density at radius 1 is 0.630 bits per heavy atom. The molecule has 0 aliphatic carbocycles. The van der Waals surface area contributed by atoms with Gasteiger partial charge >= 0.3 is 0 Å². The lowest BCUT2D eigenvalue weighted by atomic mass is 9.99. The molecule has 0 heterocycles. The Morgan fingerprint density at radius 3 is 1.52 bits per heavy atom. The van der Waals surface area contributed by atoms with E-state index in [0.717, 1.165) is 5.56 Å². The second-order valence-electron chi connectivity index (χ2n) is 12.3. The smallest absolute Gasteiger partial charge is 0.245 e. The summed E-state index contributed by atoms with van der Waals surface area (Å²) in [6.07, 6.45) is 0.700. The minimum Gasteiger partial charge on any atom is -0.508 e. The molecule has 0 saturated carbocycles. The van der Waals surface area contributed by atoms with Crippen LogP contribution in [-0.4, -0.2) is 76.6 Å². The van der Waals surface area contributed by atoms with Gasteiger partial charge in [0.25, 0.3) is 0 Å². The van der Waals surface area contributed by atoms with Gasteiger partial charge in [0, 0.05) is 6.42 Å². The van der Waals surface area contributed by atoms with Gasteiger partial charge in [-0.3, -0.25) is 24.0 Å². The van der Waals surface area contributed by atoms with Crippen LogP contribution in [0.15, 0.2) is 54.6 Å². The maximum absolute atomic E-state index is 13.5. The number of aromatic hydroxyl groups is 1. The third-order valence-electron chi connectivity index (χ3n) is 7.17. The van der Waals surface area contributed by atoms with Gasteiger partial charge in [0.1, 0.15) is 29.9 Å². The third-order valence-corrected chi connectivity index (χ3v) is 7.17. The molecule has 0 unspecified atom stereocenters. The van der Waals surface area contributed by atoms with Gasteiger partial charge in [-0.05, 0) is 54.4 Å². The molecular formula is C33H48N6O7. The summed E-state index contributed by atoms with van der Waals surface area (Å²) in [6.45, 7) is 6.68. The number of aliphatic hydroxyl groups excluding tert-OH is 1. The van der Waals surface area contributed by atoms with Crippen LogP contribution < -0.4 is 32.7 Å². The van der Waals surface area contributed by atoms with E-state index < -0.39 is 66.4 Å². The molecule has 0 spiro atoms. The number of phenolic OH excluding ortho intramolecular Hbond substituents is 1. The van der Waals surface area contributed by atoms with Gasteiger partial charge in [-0.2, -0.15) is 0 Å². The number of nitrogens with one attached hydrogen (secondary N) is 4. The lowest BCUT2D eigenvalue weighted by Crippen LogP contribution is -2.59. The van der Waals surface area contributed by atoms with E-state index >= 15 is 0 Å². The molecule has 2 rings (SSSR count). The summed E-state index contributed by atoms with van der Waals surface area (Å²) in [5.74, 6) is -3.55. The fraction of sp³-hybridized carbons (Fsp3) is 0.485. The summed E-state index contributed by atoms with van der Waals surface area (Å²) in [5.41, 5.74) is 13.1. The van der Waals surface area contributed by atoms with E-state index in [1.165, 1.54) is 12.1 Å². The number of nitrogens with two attached hydrogens (primary N) is 2. The molecule has 13 nitrogen and oxygen atoms in total. The summed E-state index contributed by atoms with van der Waals surface area (Å²) < 4.78 is 0. The van der Waals surface area contributed by atoms with Crippen molar-refractivity contribution in [1.82, 2.24) is 21.3 Å². The van der Waals surface area contributed by atoms with E-state index in [4.69, 9.17) is 11.5 Å². The molecular weight excluding hydrogens is 592 g/mol. The number of rotatable bonds is 18. The summed E-state index contributed by atoms with van der Waals surface area (Å²) in [6, 6.07) is 9.58. The molecule has 0 aliphatic heterocycles. The SMILES string of the molecule is CC(C)C[C@H](NC(=O)[C@H](CC(C)C)NC(=O)[C@H](CO)NC(=O)[C@@H](N)Cc1ccccc1)C(=O)N[C@@H](Cc1ccc(O)cc1)C(N)=O. The predicted octanol–water partition coefficient (Wildman–Crippen LogP) is 0.0137. The van der Waals surface area contributed by atoms with Crippen molar-refractivity contribution in [3.63, 3.8) is 0 Å². The Kier molecular flexibility index (Phi) is 15.1. The molecule has 0 aromatic heterocycles.